The van der Waals surface area contributed by atoms with Crippen LogP contribution in [0.2, 0.25) is 0 Å². The molecule has 0 spiro atoms. The molecule has 0 heterocycles. The highest BCUT2D eigenvalue weighted by atomic mass is 16.8. The molecule has 0 aromatic heterocycles. The van der Waals surface area contributed by atoms with Gasteiger partial charge in [-0.3, -0.25) is 4.84 Å². The highest BCUT2D eigenvalue weighted by Crippen LogP contribution is 2.11. The van der Waals surface area contributed by atoms with Crippen molar-refractivity contribution in [2.45, 2.75) is 39.6 Å². The van der Waals surface area contributed by atoms with Crippen LogP contribution in [0.15, 0.2) is 0 Å². The molecule has 1 N–H and O–H groups in total. The molecule has 0 fully saturated rings. The molecule has 0 aliphatic rings. The van der Waals surface area contributed by atoms with Crippen LogP contribution in [0.3, 0.4) is 0 Å². The predicted octanol–water partition coefficient (Wildman–Crippen LogP) is 1.30. The topological polar surface area (TPSA) is 30.5 Å². The zero-order chi connectivity index (χ0) is 8.20. The van der Waals surface area contributed by atoms with E-state index in [1.165, 1.54) is 0 Å². The summed E-state index contributed by atoms with van der Waals surface area (Å²) in [6.45, 7) is 7.68. The van der Waals surface area contributed by atoms with Crippen molar-refractivity contribution in [1.29, 1.82) is 0 Å². The summed E-state index contributed by atoms with van der Waals surface area (Å²) in [5.74, 6) is -0.539. The molecule has 0 unspecified atom stereocenters. The summed E-state index contributed by atoms with van der Waals surface area (Å²) in [7, 11) is 1.71. The van der Waals surface area contributed by atoms with E-state index in [1.54, 1.807) is 7.05 Å². The number of ether oxygens (including phenoxy) is 1. The van der Waals surface area contributed by atoms with Gasteiger partial charge >= 0.3 is 0 Å². The van der Waals surface area contributed by atoms with Gasteiger partial charge in [-0.1, -0.05) is 0 Å². The third-order valence-corrected chi connectivity index (χ3v) is 0.867. The quantitative estimate of drug-likeness (QED) is 0.480. The van der Waals surface area contributed by atoms with E-state index >= 15 is 0 Å². The van der Waals surface area contributed by atoms with E-state index in [0.717, 1.165) is 0 Å². The summed E-state index contributed by atoms with van der Waals surface area (Å²) in [6.07, 6.45) is 0.184. The fourth-order valence-electron chi connectivity index (χ4n) is 0.837. The second-order valence-corrected chi connectivity index (χ2v) is 2.87. The van der Waals surface area contributed by atoms with Gasteiger partial charge in [0.15, 0.2) is 5.79 Å². The van der Waals surface area contributed by atoms with Gasteiger partial charge in [-0.15, -0.1) is 0 Å². The normalized spacial score (nSPS) is 12.6. The Morgan fingerprint density at radius 1 is 1.30 bits per heavy atom. The molecule has 3 heteroatoms. The number of hydroxylamine groups is 1. The van der Waals surface area contributed by atoms with Crippen LogP contribution in [0, 0.1) is 0 Å². The van der Waals surface area contributed by atoms with Gasteiger partial charge in [0, 0.05) is 7.05 Å². The second kappa shape index (κ2) is 3.91. The van der Waals surface area contributed by atoms with Crippen LogP contribution < -0.4 is 5.48 Å². The van der Waals surface area contributed by atoms with E-state index in [4.69, 9.17) is 9.57 Å². The summed E-state index contributed by atoms with van der Waals surface area (Å²) in [5.41, 5.74) is 2.59. The molecule has 10 heavy (non-hydrogen) atoms. The van der Waals surface area contributed by atoms with E-state index in [2.05, 4.69) is 5.48 Å². The number of hydrogen-bond acceptors (Lipinski definition) is 3. The van der Waals surface area contributed by atoms with E-state index in [1.807, 2.05) is 27.7 Å². The van der Waals surface area contributed by atoms with Crippen LogP contribution in [-0.2, 0) is 9.57 Å². The van der Waals surface area contributed by atoms with E-state index in [9.17, 15) is 0 Å². The molecular weight excluding hydrogens is 130 g/mol. The lowest BCUT2D eigenvalue weighted by atomic mass is 10.3. The van der Waals surface area contributed by atoms with E-state index in [-0.39, 0.29) is 6.10 Å². The first-order valence-electron chi connectivity index (χ1n) is 3.50. The fraction of sp³-hybridized carbons (Fsp3) is 1.00. The Morgan fingerprint density at radius 2 is 1.80 bits per heavy atom. The molecular formula is C7H17NO2. The average molecular weight is 147 g/mol. The zero-order valence-corrected chi connectivity index (χ0v) is 7.39. The van der Waals surface area contributed by atoms with Crippen LogP contribution in [-0.4, -0.2) is 18.9 Å². The first-order valence-corrected chi connectivity index (χ1v) is 3.50. The molecule has 0 bridgehead atoms. The molecule has 0 rings (SSSR count). The molecule has 0 aromatic carbocycles. The van der Waals surface area contributed by atoms with Crippen LogP contribution in [0.1, 0.15) is 27.7 Å². The van der Waals surface area contributed by atoms with Gasteiger partial charge in [0.05, 0.1) is 6.10 Å². The van der Waals surface area contributed by atoms with Gasteiger partial charge in [0.2, 0.25) is 0 Å². The van der Waals surface area contributed by atoms with E-state index in [0.29, 0.717) is 0 Å². The minimum atomic E-state index is -0.539. The first-order chi connectivity index (χ1) is 4.48. The van der Waals surface area contributed by atoms with E-state index < -0.39 is 5.79 Å². The zero-order valence-electron chi connectivity index (χ0n) is 7.39. The van der Waals surface area contributed by atoms with Crippen molar-refractivity contribution in [3.05, 3.63) is 0 Å². The standard InChI is InChI=1S/C7H17NO2/c1-6(2)9-7(3,4)10-8-5/h6,8H,1-5H3. The SMILES string of the molecule is CNOC(C)(C)OC(C)C. The minimum Gasteiger partial charge on any atom is -0.346 e. The van der Waals surface area contributed by atoms with Crippen molar-refractivity contribution in [3.8, 4) is 0 Å². The summed E-state index contributed by atoms with van der Waals surface area (Å²) in [5, 5.41) is 0. The third-order valence-electron chi connectivity index (χ3n) is 0.867. The maximum atomic E-state index is 5.39. The number of rotatable bonds is 4. The first kappa shape index (κ1) is 9.88. The highest BCUT2D eigenvalue weighted by Gasteiger charge is 2.19. The lowest BCUT2D eigenvalue weighted by Gasteiger charge is -2.26. The number of nitrogens with one attached hydrogen (secondary N) is 1. The van der Waals surface area contributed by atoms with Crippen LogP contribution in [0.5, 0.6) is 0 Å². The second-order valence-electron chi connectivity index (χ2n) is 2.87. The third kappa shape index (κ3) is 4.73. The van der Waals surface area contributed by atoms with Gasteiger partial charge in [0.25, 0.3) is 0 Å². The maximum absolute atomic E-state index is 5.39. The van der Waals surface area contributed by atoms with Crippen LogP contribution in [0.4, 0.5) is 0 Å². The lowest BCUT2D eigenvalue weighted by Crippen LogP contribution is -2.35. The Labute approximate surface area is 62.7 Å². The molecule has 0 aliphatic heterocycles. The summed E-state index contributed by atoms with van der Waals surface area (Å²) in [6, 6.07) is 0. The monoisotopic (exact) mass is 147 g/mol. The summed E-state index contributed by atoms with van der Waals surface area (Å²) >= 11 is 0. The Balaban J connectivity index is 3.63. The highest BCUT2D eigenvalue weighted by molar-refractivity contribution is 4.53. The Hall–Kier alpha value is -0.120. The molecule has 0 saturated carbocycles. The van der Waals surface area contributed by atoms with Crippen LogP contribution >= 0.6 is 0 Å². The maximum Gasteiger partial charge on any atom is 0.182 e. The van der Waals surface area contributed by atoms with Crippen molar-refractivity contribution >= 4 is 0 Å². The smallest absolute Gasteiger partial charge is 0.182 e. The molecule has 0 aromatic rings. The summed E-state index contributed by atoms with van der Waals surface area (Å²) in [4.78, 5) is 5.07. The molecule has 0 radical (unpaired) electrons. The molecule has 0 amide bonds. The van der Waals surface area contributed by atoms with Crippen LogP contribution in [0.25, 0.3) is 0 Å². The molecule has 0 atom stereocenters. The molecule has 0 saturated heterocycles. The van der Waals surface area contributed by atoms with Gasteiger partial charge in [-0.05, 0) is 27.7 Å². The Morgan fingerprint density at radius 3 is 2.10 bits per heavy atom. The lowest BCUT2D eigenvalue weighted by molar-refractivity contribution is -0.256. The Bertz CT molecular complexity index is 91.6. The Kier molecular flexibility index (Phi) is 3.86. The fourth-order valence-corrected chi connectivity index (χ4v) is 0.837. The summed E-state index contributed by atoms with van der Waals surface area (Å²) < 4.78 is 5.39. The minimum absolute atomic E-state index is 0.184. The van der Waals surface area contributed by atoms with Gasteiger partial charge in [-0.25, -0.2) is 5.48 Å². The molecule has 3 nitrogen and oxygen atoms in total. The van der Waals surface area contributed by atoms with Gasteiger partial charge in [-0.2, -0.15) is 0 Å². The molecule has 62 valence electrons. The average Bonchev–Trinajstić information content (AvgIpc) is 1.59. The van der Waals surface area contributed by atoms with Crippen molar-refractivity contribution < 1.29 is 9.57 Å². The van der Waals surface area contributed by atoms with Crippen molar-refractivity contribution in [2.24, 2.45) is 0 Å². The van der Waals surface area contributed by atoms with Gasteiger partial charge in [0.1, 0.15) is 0 Å². The largest absolute Gasteiger partial charge is 0.346 e. The van der Waals surface area contributed by atoms with Gasteiger partial charge < -0.3 is 4.74 Å². The molecule has 0 aliphatic carbocycles. The van der Waals surface area contributed by atoms with Crippen molar-refractivity contribution in [3.63, 3.8) is 0 Å². The number of hydrogen-bond donors (Lipinski definition) is 1. The van der Waals surface area contributed by atoms with Crippen molar-refractivity contribution in [2.75, 3.05) is 7.05 Å². The predicted molar refractivity (Wildman–Crippen MR) is 40.4 cm³/mol. The van der Waals surface area contributed by atoms with Crippen molar-refractivity contribution in [1.82, 2.24) is 5.48 Å².